The van der Waals surface area contributed by atoms with Gasteiger partial charge in [0.05, 0.1) is 5.69 Å². The summed E-state index contributed by atoms with van der Waals surface area (Å²) in [5.41, 5.74) is 1.96. The molecule has 130 valence electrons. The van der Waals surface area contributed by atoms with Crippen LogP contribution in [0.1, 0.15) is 18.5 Å². The van der Waals surface area contributed by atoms with Crippen molar-refractivity contribution >= 4 is 0 Å². The quantitative estimate of drug-likeness (QED) is 0.667. The minimum absolute atomic E-state index is 0.0432. The number of halogens is 2. The van der Waals surface area contributed by atoms with Gasteiger partial charge in [0, 0.05) is 18.7 Å². The van der Waals surface area contributed by atoms with E-state index in [1.165, 1.54) is 18.5 Å². The van der Waals surface area contributed by atoms with Crippen LogP contribution >= 0.6 is 0 Å². The van der Waals surface area contributed by atoms with Crippen LogP contribution in [0.15, 0.2) is 48.8 Å². The minimum Gasteiger partial charge on any atom is -0.489 e. The monoisotopic (exact) mass is 345 g/mol. The van der Waals surface area contributed by atoms with Gasteiger partial charge in [-0.25, -0.2) is 13.5 Å². The number of tetrazole rings is 1. The SMILES string of the molecule is CC(NCCOc1ccc(F)cc1F)c1ccc(-n2cnnn2)cc1. The van der Waals surface area contributed by atoms with Crippen LogP contribution in [0.4, 0.5) is 8.78 Å². The molecule has 0 aliphatic carbocycles. The van der Waals surface area contributed by atoms with Gasteiger partial charge in [0.15, 0.2) is 11.6 Å². The van der Waals surface area contributed by atoms with Crippen molar-refractivity contribution in [2.75, 3.05) is 13.2 Å². The molecule has 25 heavy (non-hydrogen) atoms. The van der Waals surface area contributed by atoms with Crippen LogP contribution in [0, 0.1) is 11.6 Å². The second kappa shape index (κ2) is 7.80. The Morgan fingerprint density at radius 1 is 1.16 bits per heavy atom. The molecular weight excluding hydrogens is 328 g/mol. The highest BCUT2D eigenvalue weighted by atomic mass is 19.1. The number of rotatable bonds is 7. The molecule has 1 aromatic heterocycles. The van der Waals surface area contributed by atoms with Crippen molar-refractivity contribution in [1.82, 2.24) is 25.5 Å². The summed E-state index contributed by atoms with van der Waals surface area (Å²) in [6.45, 7) is 2.81. The molecule has 0 aliphatic rings. The highest BCUT2D eigenvalue weighted by Crippen LogP contribution is 2.18. The first kappa shape index (κ1) is 17.0. The van der Waals surface area contributed by atoms with Crippen LogP contribution in [0.3, 0.4) is 0 Å². The number of ether oxygens (including phenoxy) is 1. The fraction of sp³-hybridized carbons (Fsp3) is 0.235. The largest absolute Gasteiger partial charge is 0.489 e. The normalized spacial score (nSPS) is 12.1. The standard InChI is InChI=1S/C17H17F2N5O/c1-12(13-2-5-15(6-3-13)24-11-21-22-23-24)20-8-9-25-17-7-4-14(18)10-16(17)19/h2-7,10-12,20H,8-9H2,1H3. The molecule has 1 heterocycles. The predicted octanol–water partition coefficient (Wildman–Crippen LogP) is 2.67. The van der Waals surface area contributed by atoms with Gasteiger partial charge in [-0.2, -0.15) is 0 Å². The lowest BCUT2D eigenvalue weighted by Crippen LogP contribution is -2.24. The van der Waals surface area contributed by atoms with Crippen LogP contribution in [-0.2, 0) is 0 Å². The van der Waals surface area contributed by atoms with E-state index in [9.17, 15) is 8.78 Å². The van der Waals surface area contributed by atoms with Crippen molar-refractivity contribution in [3.05, 3.63) is 66.0 Å². The maximum absolute atomic E-state index is 13.5. The molecule has 0 fully saturated rings. The molecule has 0 spiro atoms. The maximum Gasteiger partial charge on any atom is 0.167 e. The third kappa shape index (κ3) is 4.36. The fourth-order valence-corrected chi connectivity index (χ4v) is 2.34. The number of nitrogens with one attached hydrogen (secondary N) is 1. The zero-order valence-electron chi connectivity index (χ0n) is 13.6. The first-order valence-electron chi connectivity index (χ1n) is 7.78. The summed E-state index contributed by atoms with van der Waals surface area (Å²) in [6.07, 6.45) is 1.53. The Balaban J connectivity index is 1.48. The van der Waals surface area contributed by atoms with Gasteiger partial charge in [-0.05, 0) is 47.2 Å². The zero-order valence-corrected chi connectivity index (χ0v) is 13.6. The van der Waals surface area contributed by atoms with E-state index in [-0.39, 0.29) is 18.4 Å². The predicted molar refractivity (Wildman–Crippen MR) is 87.4 cm³/mol. The summed E-state index contributed by atoms with van der Waals surface area (Å²) < 4.78 is 33.2. The highest BCUT2D eigenvalue weighted by Gasteiger charge is 2.07. The summed E-state index contributed by atoms with van der Waals surface area (Å²) in [6, 6.07) is 11.2. The van der Waals surface area contributed by atoms with Gasteiger partial charge in [-0.3, -0.25) is 0 Å². The Kier molecular flexibility index (Phi) is 5.30. The Bertz CT molecular complexity index is 808. The van der Waals surface area contributed by atoms with E-state index < -0.39 is 11.6 Å². The molecule has 0 saturated heterocycles. The topological polar surface area (TPSA) is 64.9 Å². The number of hydrogen-bond donors (Lipinski definition) is 1. The van der Waals surface area contributed by atoms with Crippen molar-refractivity contribution in [3.63, 3.8) is 0 Å². The third-order valence-corrected chi connectivity index (χ3v) is 3.71. The van der Waals surface area contributed by atoms with E-state index in [1.54, 1.807) is 4.68 Å². The van der Waals surface area contributed by atoms with Crippen molar-refractivity contribution in [2.45, 2.75) is 13.0 Å². The van der Waals surface area contributed by atoms with Gasteiger partial charge in [0.2, 0.25) is 0 Å². The van der Waals surface area contributed by atoms with Crippen molar-refractivity contribution in [1.29, 1.82) is 0 Å². The first-order chi connectivity index (χ1) is 12.1. The first-order valence-corrected chi connectivity index (χ1v) is 7.78. The lowest BCUT2D eigenvalue weighted by molar-refractivity contribution is 0.292. The minimum atomic E-state index is -0.703. The van der Waals surface area contributed by atoms with Gasteiger partial charge in [-0.15, -0.1) is 5.10 Å². The van der Waals surface area contributed by atoms with E-state index in [4.69, 9.17) is 4.74 Å². The zero-order chi connectivity index (χ0) is 17.6. The molecule has 0 amide bonds. The summed E-state index contributed by atoms with van der Waals surface area (Å²) in [5.74, 6) is -1.28. The highest BCUT2D eigenvalue weighted by molar-refractivity contribution is 5.34. The van der Waals surface area contributed by atoms with Gasteiger partial charge in [0.1, 0.15) is 18.8 Å². The summed E-state index contributed by atoms with van der Waals surface area (Å²) in [5, 5.41) is 14.3. The van der Waals surface area contributed by atoms with E-state index in [0.717, 1.165) is 17.3 Å². The van der Waals surface area contributed by atoms with E-state index >= 15 is 0 Å². The molecule has 8 heteroatoms. The van der Waals surface area contributed by atoms with Crippen LogP contribution in [0.5, 0.6) is 5.75 Å². The van der Waals surface area contributed by atoms with Gasteiger partial charge in [0.25, 0.3) is 0 Å². The Morgan fingerprint density at radius 3 is 2.64 bits per heavy atom. The van der Waals surface area contributed by atoms with Crippen molar-refractivity contribution in [3.8, 4) is 11.4 Å². The van der Waals surface area contributed by atoms with Crippen LogP contribution in [0.25, 0.3) is 5.69 Å². The third-order valence-electron chi connectivity index (χ3n) is 3.71. The summed E-state index contributed by atoms with van der Waals surface area (Å²) in [7, 11) is 0. The Labute approximate surface area is 143 Å². The molecule has 0 saturated carbocycles. The number of aromatic nitrogens is 4. The molecule has 0 radical (unpaired) electrons. The van der Waals surface area contributed by atoms with E-state index in [0.29, 0.717) is 6.54 Å². The van der Waals surface area contributed by atoms with Gasteiger partial charge in [-0.1, -0.05) is 12.1 Å². The molecule has 3 rings (SSSR count). The molecule has 3 aromatic rings. The van der Waals surface area contributed by atoms with Crippen LogP contribution in [0.2, 0.25) is 0 Å². The van der Waals surface area contributed by atoms with E-state index in [2.05, 4.69) is 20.8 Å². The molecule has 1 N–H and O–H groups in total. The molecule has 2 aromatic carbocycles. The molecule has 0 aliphatic heterocycles. The lowest BCUT2D eigenvalue weighted by Gasteiger charge is -2.15. The number of nitrogens with zero attached hydrogens (tertiary/aromatic N) is 4. The summed E-state index contributed by atoms with van der Waals surface area (Å²) in [4.78, 5) is 0. The van der Waals surface area contributed by atoms with Gasteiger partial charge >= 0.3 is 0 Å². The molecular formula is C17H17F2N5O. The molecule has 0 bridgehead atoms. The number of hydrogen-bond acceptors (Lipinski definition) is 5. The summed E-state index contributed by atoms with van der Waals surface area (Å²) >= 11 is 0. The smallest absolute Gasteiger partial charge is 0.167 e. The van der Waals surface area contributed by atoms with E-state index in [1.807, 2.05) is 31.2 Å². The maximum atomic E-state index is 13.5. The van der Waals surface area contributed by atoms with Crippen molar-refractivity contribution < 1.29 is 13.5 Å². The average Bonchev–Trinajstić information content (AvgIpc) is 3.15. The lowest BCUT2D eigenvalue weighted by atomic mass is 10.1. The average molecular weight is 345 g/mol. The van der Waals surface area contributed by atoms with Gasteiger partial charge < -0.3 is 10.1 Å². The molecule has 6 nitrogen and oxygen atoms in total. The Morgan fingerprint density at radius 2 is 1.96 bits per heavy atom. The fourth-order valence-electron chi connectivity index (χ4n) is 2.34. The van der Waals surface area contributed by atoms with Crippen LogP contribution < -0.4 is 10.1 Å². The van der Waals surface area contributed by atoms with Crippen molar-refractivity contribution in [2.24, 2.45) is 0 Å². The number of benzene rings is 2. The Hall–Kier alpha value is -2.87. The molecule has 1 unspecified atom stereocenters. The second-order valence-corrected chi connectivity index (χ2v) is 5.44. The molecule has 1 atom stereocenters. The second-order valence-electron chi connectivity index (χ2n) is 5.44. The van der Waals surface area contributed by atoms with Crippen LogP contribution in [-0.4, -0.2) is 33.4 Å².